The Morgan fingerprint density at radius 2 is 2.21 bits per heavy atom. The minimum Gasteiger partial charge on any atom is -0.497 e. The van der Waals surface area contributed by atoms with Gasteiger partial charge in [-0.1, -0.05) is 6.07 Å². The molecule has 1 aromatic rings. The van der Waals surface area contributed by atoms with Gasteiger partial charge in [0.1, 0.15) is 5.75 Å². The maximum absolute atomic E-state index is 5.23. The Bertz CT molecular complexity index is 321. The molecule has 0 atom stereocenters. The van der Waals surface area contributed by atoms with Crippen molar-refractivity contribution >= 4 is 11.6 Å². The summed E-state index contributed by atoms with van der Waals surface area (Å²) < 4.78 is 10.3. The first-order valence-electron chi connectivity index (χ1n) is 4.58. The minimum atomic E-state index is 0.638. The zero-order valence-electron chi connectivity index (χ0n) is 8.78. The van der Waals surface area contributed by atoms with Gasteiger partial charge in [0.05, 0.1) is 19.4 Å². The predicted octanol–water partition coefficient (Wildman–Crippen LogP) is 2.78. The summed E-state index contributed by atoms with van der Waals surface area (Å²) >= 11 is 0. The molecule has 0 N–H and O–H groups in total. The van der Waals surface area contributed by atoms with E-state index in [0.717, 1.165) is 11.4 Å². The summed E-state index contributed by atoms with van der Waals surface area (Å²) in [6.07, 6.45) is 0. The van der Waals surface area contributed by atoms with Crippen LogP contribution in [0.3, 0.4) is 0 Å². The molecular formula is C11H15NO2. The SMILES string of the molecule is CCOC(C)=Nc1cccc(OC)c1. The smallest absolute Gasteiger partial charge is 0.185 e. The minimum absolute atomic E-state index is 0.638. The van der Waals surface area contributed by atoms with E-state index in [0.29, 0.717) is 12.5 Å². The zero-order chi connectivity index (χ0) is 10.4. The number of rotatable bonds is 3. The molecule has 0 spiro atoms. The number of hydrogen-bond acceptors (Lipinski definition) is 3. The van der Waals surface area contributed by atoms with Gasteiger partial charge in [0.15, 0.2) is 5.90 Å². The number of ether oxygens (including phenoxy) is 2. The molecule has 0 radical (unpaired) electrons. The molecule has 0 aliphatic carbocycles. The van der Waals surface area contributed by atoms with Crippen molar-refractivity contribution in [3.8, 4) is 5.75 Å². The summed E-state index contributed by atoms with van der Waals surface area (Å²) in [5.74, 6) is 1.47. The summed E-state index contributed by atoms with van der Waals surface area (Å²) in [7, 11) is 1.64. The second-order valence-corrected chi connectivity index (χ2v) is 2.77. The van der Waals surface area contributed by atoms with Crippen LogP contribution in [0.4, 0.5) is 5.69 Å². The van der Waals surface area contributed by atoms with Gasteiger partial charge in [0.2, 0.25) is 0 Å². The molecule has 3 nitrogen and oxygen atoms in total. The molecule has 76 valence electrons. The molecule has 0 aliphatic heterocycles. The number of aliphatic imine (C=N–C) groups is 1. The molecular weight excluding hydrogens is 178 g/mol. The summed E-state index contributed by atoms with van der Waals surface area (Å²) in [4.78, 5) is 4.27. The van der Waals surface area contributed by atoms with Crippen LogP contribution in [-0.4, -0.2) is 19.6 Å². The monoisotopic (exact) mass is 193 g/mol. The third kappa shape index (κ3) is 3.09. The highest BCUT2D eigenvalue weighted by molar-refractivity contribution is 5.76. The van der Waals surface area contributed by atoms with Gasteiger partial charge in [-0.3, -0.25) is 0 Å². The van der Waals surface area contributed by atoms with Crippen molar-refractivity contribution in [2.75, 3.05) is 13.7 Å². The molecule has 0 bridgehead atoms. The molecule has 0 heterocycles. The molecule has 1 aromatic carbocycles. The number of hydrogen-bond donors (Lipinski definition) is 0. The van der Waals surface area contributed by atoms with Crippen LogP contribution in [0.15, 0.2) is 29.3 Å². The molecule has 0 unspecified atom stereocenters. The van der Waals surface area contributed by atoms with E-state index < -0.39 is 0 Å². The third-order valence-electron chi connectivity index (χ3n) is 1.69. The van der Waals surface area contributed by atoms with Crippen LogP contribution in [0, 0.1) is 0 Å². The summed E-state index contributed by atoms with van der Waals surface area (Å²) in [6.45, 7) is 4.41. The van der Waals surface area contributed by atoms with Crippen molar-refractivity contribution in [3.05, 3.63) is 24.3 Å². The average Bonchev–Trinajstić information content (AvgIpc) is 2.18. The Morgan fingerprint density at radius 1 is 1.43 bits per heavy atom. The fourth-order valence-corrected chi connectivity index (χ4v) is 1.10. The van der Waals surface area contributed by atoms with Gasteiger partial charge in [-0.15, -0.1) is 0 Å². The second kappa shape index (κ2) is 5.27. The van der Waals surface area contributed by atoms with Gasteiger partial charge < -0.3 is 9.47 Å². The summed E-state index contributed by atoms with van der Waals surface area (Å²) in [6, 6.07) is 7.56. The molecule has 0 saturated carbocycles. The Balaban J connectivity index is 2.80. The molecule has 0 amide bonds. The van der Waals surface area contributed by atoms with E-state index in [-0.39, 0.29) is 0 Å². The van der Waals surface area contributed by atoms with Crippen molar-refractivity contribution in [1.29, 1.82) is 0 Å². The van der Waals surface area contributed by atoms with Crippen LogP contribution in [0.2, 0.25) is 0 Å². The van der Waals surface area contributed by atoms with Crippen molar-refractivity contribution in [1.82, 2.24) is 0 Å². The van der Waals surface area contributed by atoms with Crippen LogP contribution in [0.25, 0.3) is 0 Å². The van der Waals surface area contributed by atoms with Gasteiger partial charge in [-0.25, -0.2) is 4.99 Å². The van der Waals surface area contributed by atoms with Crippen LogP contribution in [-0.2, 0) is 4.74 Å². The van der Waals surface area contributed by atoms with Crippen molar-refractivity contribution in [2.45, 2.75) is 13.8 Å². The number of methoxy groups -OCH3 is 1. The molecule has 0 aromatic heterocycles. The molecule has 0 aliphatic rings. The maximum atomic E-state index is 5.23. The summed E-state index contributed by atoms with van der Waals surface area (Å²) in [5, 5.41) is 0. The van der Waals surface area contributed by atoms with E-state index >= 15 is 0 Å². The Hall–Kier alpha value is -1.51. The first-order chi connectivity index (χ1) is 6.76. The highest BCUT2D eigenvalue weighted by Crippen LogP contribution is 2.19. The van der Waals surface area contributed by atoms with Crippen LogP contribution >= 0.6 is 0 Å². The van der Waals surface area contributed by atoms with Gasteiger partial charge >= 0.3 is 0 Å². The highest BCUT2D eigenvalue weighted by Gasteiger charge is 1.95. The lowest BCUT2D eigenvalue weighted by Gasteiger charge is -2.03. The lowest BCUT2D eigenvalue weighted by Crippen LogP contribution is -1.97. The normalized spacial score (nSPS) is 11.2. The second-order valence-electron chi connectivity index (χ2n) is 2.77. The number of nitrogens with zero attached hydrogens (tertiary/aromatic N) is 1. The van der Waals surface area contributed by atoms with Crippen LogP contribution in [0.5, 0.6) is 5.75 Å². The Morgan fingerprint density at radius 3 is 2.86 bits per heavy atom. The lowest BCUT2D eigenvalue weighted by atomic mass is 10.3. The van der Waals surface area contributed by atoms with Gasteiger partial charge in [0, 0.05) is 13.0 Å². The predicted molar refractivity (Wildman–Crippen MR) is 57.4 cm³/mol. The van der Waals surface area contributed by atoms with E-state index in [9.17, 15) is 0 Å². The van der Waals surface area contributed by atoms with E-state index in [4.69, 9.17) is 9.47 Å². The van der Waals surface area contributed by atoms with E-state index in [2.05, 4.69) is 4.99 Å². The molecule has 0 fully saturated rings. The van der Waals surface area contributed by atoms with Crippen molar-refractivity contribution in [3.63, 3.8) is 0 Å². The van der Waals surface area contributed by atoms with Gasteiger partial charge in [0.25, 0.3) is 0 Å². The fraction of sp³-hybridized carbons (Fsp3) is 0.364. The quantitative estimate of drug-likeness (QED) is 0.546. The number of benzene rings is 1. The fourth-order valence-electron chi connectivity index (χ4n) is 1.10. The lowest BCUT2D eigenvalue weighted by molar-refractivity contribution is 0.325. The Labute approximate surface area is 84.4 Å². The first-order valence-corrected chi connectivity index (χ1v) is 4.58. The van der Waals surface area contributed by atoms with Gasteiger partial charge in [-0.2, -0.15) is 0 Å². The topological polar surface area (TPSA) is 30.8 Å². The van der Waals surface area contributed by atoms with E-state index in [1.54, 1.807) is 7.11 Å². The van der Waals surface area contributed by atoms with Gasteiger partial charge in [-0.05, 0) is 19.1 Å². The third-order valence-corrected chi connectivity index (χ3v) is 1.69. The Kier molecular flexibility index (Phi) is 3.98. The standard InChI is InChI=1S/C11H15NO2/c1-4-14-9(2)12-10-6-5-7-11(8-10)13-3/h5-8H,4H2,1-3H3. The largest absolute Gasteiger partial charge is 0.497 e. The van der Waals surface area contributed by atoms with Crippen molar-refractivity contribution < 1.29 is 9.47 Å². The molecule has 14 heavy (non-hydrogen) atoms. The van der Waals surface area contributed by atoms with Crippen LogP contribution < -0.4 is 4.74 Å². The average molecular weight is 193 g/mol. The molecule has 3 heteroatoms. The molecule has 0 saturated heterocycles. The maximum Gasteiger partial charge on any atom is 0.185 e. The van der Waals surface area contributed by atoms with Crippen LogP contribution in [0.1, 0.15) is 13.8 Å². The zero-order valence-corrected chi connectivity index (χ0v) is 8.78. The molecule has 1 rings (SSSR count). The van der Waals surface area contributed by atoms with E-state index in [1.165, 1.54) is 0 Å². The summed E-state index contributed by atoms with van der Waals surface area (Å²) in [5.41, 5.74) is 0.843. The van der Waals surface area contributed by atoms with E-state index in [1.807, 2.05) is 38.1 Å². The highest BCUT2D eigenvalue weighted by atomic mass is 16.5. The van der Waals surface area contributed by atoms with Crippen molar-refractivity contribution in [2.24, 2.45) is 4.99 Å². The first kappa shape index (κ1) is 10.6.